The maximum Gasteiger partial charge on any atom is 0.117 e. The van der Waals surface area contributed by atoms with Gasteiger partial charge in [0.15, 0.2) is 0 Å². The lowest BCUT2D eigenvalue weighted by Crippen LogP contribution is -2.34. The zero-order valence-electron chi connectivity index (χ0n) is 11.7. The molecule has 18 heavy (non-hydrogen) atoms. The molecule has 102 valence electrons. The molecule has 0 spiro atoms. The molecule has 0 radical (unpaired) electrons. The van der Waals surface area contributed by atoms with Crippen molar-refractivity contribution in [3.05, 3.63) is 24.2 Å². The summed E-state index contributed by atoms with van der Waals surface area (Å²) < 4.78 is 5.38. The van der Waals surface area contributed by atoms with Gasteiger partial charge in [0.2, 0.25) is 0 Å². The van der Waals surface area contributed by atoms with Gasteiger partial charge in [0.05, 0.1) is 12.8 Å². The van der Waals surface area contributed by atoms with Gasteiger partial charge in [0.25, 0.3) is 0 Å². The molecule has 3 heteroatoms. The first-order chi connectivity index (χ1) is 8.75. The first-order valence-corrected chi connectivity index (χ1v) is 7.17. The molecule has 3 nitrogen and oxygen atoms in total. The maximum atomic E-state index is 5.38. The Hall–Kier alpha value is -0.800. The number of hydrogen-bond acceptors (Lipinski definition) is 3. The molecule has 0 aromatic carbocycles. The van der Waals surface area contributed by atoms with Crippen LogP contribution in [0.4, 0.5) is 0 Å². The number of rotatable bonds is 6. The van der Waals surface area contributed by atoms with E-state index in [0.717, 1.165) is 30.7 Å². The van der Waals surface area contributed by atoms with E-state index in [4.69, 9.17) is 4.42 Å². The van der Waals surface area contributed by atoms with E-state index in [1.165, 1.54) is 32.4 Å². The van der Waals surface area contributed by atoms with Crippen molar-refractivity contribution in [2.75, 3.05) is 26.7 Å². The van der Waals surface area contributed by atoms with Crippen molar-refractivity contribution in [1.82, 2.24) is 10.2 Å². The van der Waals surface area contributed by atoms with Crippen LogP contribution < -0.4 is 5.32 Å². The Bertz CT molecular complexity index is 317. The Morgan fingerprint density at radius 2 is 2.44 bits per heavy atom. The molecule has 1 aliphatic heterocycles. The highest BCUT2D eigenvalue weighted by Gasteiger charge is 2.19. The molecule has 0 aliphatic carbocycles. The highest BCUT2D eigenvalue weighted by molar-refractivity contribution is 4.97. The summed E-state index contributed by atoms with van der Waals surface area (Å²) in [7, 11) is 2.17. The minimum Gasteiger partial charge on any atom is -0.468 e. The number of hydrogen-bond donors (Lipinski definition) is 1. The molecule has 1 aliphatic rings. The molecule has 0 saturated carbocycles. The SMILES string of the molecule is CC(CCN(C)Cc1ccco1)C1CCCNC1. The third-order valence-corrected chi connectivity index (χ3v) is 4.11. The van der Waals surface area contributed by atoms with Crippen LogP contribution in [-0.4, -0.2) is 31.6 Å². The Kier molecular flexibility index (Phi) is 5.26. The van der Waals surface area contributed by atoms with E-state index in [2.05, 4.69) is 24.2 Å². The van der Waals surface area contributed by atoms with Crippen LogP contribution >= 0.6 is 0 Å². The molecule has 1 fully saturated rings. The summed E-state index contributed by atoms with van der Waals surface area (Å²) in [5.41, 5.74) is 0. The van der Waals surface area contributed by atoms with Crippen molar-refractivity contribution in [2.45, 2.75) is 32.7 Å². The third-order valence-electron chi connectivity index (χ3n) is 4.11. The number of piperidine rings is 1. The summed E-state index contributed by atoms with van der Waals surface area (Å²) in [6.45, 7) is 6.89. The van der Waals surface area contributed by atoms with E-state index in [9.17, 15) is 0 Å². The van der Waals surface area contributed by atoms with Gasteiger partial charge in [-0.05, 0) is 69.9 Å². The van der Waals surface area contributed by atoms with Crippen molar-refractivity contribution in [1.29, 1.82) is 0 Å². The molecule has 2 heterocycles. The molecule has 0 bridgehead atoms. The maximum absolute atomic E-state index is 5.38. The average molecular weight is 250 g/mol. The summed E-state index contributed by atoms with van der Waals surface area (Å²) in [5.74, 6) is 2.75. The highest BCUT2D eigenvalue weighted by Crippen LogP contribution is 2.22. The van der Waals surface area contributed by atoms with E-state index < -0.39 is 0 Å². The lowest BCUT2D eigenvalue weighted by molar-refractivity contribution is 0.222. The van der Waals surface area contributed by atoms with Crippen LogP contribution in [0, 0.1) is 11.8 Å². The lowest BCUT2D eigenvalue weighted by atomic mass is 9.85. The van der Waals surface area contributed by atoms with Crippen molar-refractivity contribution in [3.63, 3.8) is 0 Å². The Morgan fingerprint density at radius 3 is 3.11 bits per heavy atom. The van der Waals surface area contributed by atoms with Crippen LogP contribution in [0.3, 0.4) is 0 Å². The standard InChI is InChI=1S/C15H26N2O/c1-13(14-5-3-8-16-11-14)7-9-17(2)12-15-6-4-10-18-15/h4,6,10,13-14,16H,3,5,7-9,11-12H2,1-2H3. The first kappa shape index (κ1) is 13.6. The molecule has 0 amide bonds. The molecule has 1 saturated heterocycles. The van der Waals surface area contributed by atoms with Crippen molar-refractivity contribution in [3.8, 4) is 0 Å². The second kappa shape index (κ2) is 6.95. The zero-order valence-corrected chi connectivity index (χ0v) is 11.7. The van der Waals surface area contributed by atoms with Crippen LogP contribution in [0.25, 0.3) is 0 Å². The van der Waals surface area contributed by atoms with Crippen molar-refractivity contribution >= 4 is 0 Å². The van der Waals surface area contributed by atoms with Crippen molar-refractivity contribution in [2.24, 2.45) is 11.8 Å². The molecule has 1 N–H and O–H groups in total. The van der Waals surface area contributed by atoms with Gasteiger partial charge < -0.3 is 9.73 Å². The van der Waals surface area contributed by atoms with Gasteiger partial charge in [-0.15, -0.1) is 0 Å². The number of nitrogens with one attached hydrogen (secondary N) is 1. The number of furan rings is 1. The molecule has 1 aromatic rings. The molecular formula is C15H26N2O. The van der Waals surface area contributed by atoms with Gasteiger partial charge >= 0.3 is 0 Å². The van der Waals surface area contributed by atoms with Crippen LogP contribution in [0.15, 0.2) is 22.8 Å². The van der Waals surface area contributed by atoms with Gasteiger partial charge in [-0.1, -0.05) is 6.92 Å². The Labute approximate surface area is 111 Å². The third kappa shape index (κ3) is 4.14. The van der Waals surface area contributed by atoms with E-state index in [1.54, 1.807) is 6.26 Å². The fourth-order valence-corrected chi connectivity index (χ4v) is 2.77. The predicted octanol–water partition coefficient (Wildman–Crippen LogP) is 2.74. The first-order valence-electron chi connectivity index (χ1n) is 7.17. The predicted molar refractivity (Wildman–Crippen MR) is 74.4 cm³/mol. The largest absolute Gasteiger partial charge is 0.468 e. The highest BCUT2D eigenvalue weighted by atomic mass is 16.3. The van der Waals surface area contributed by atoms with E-state index in [-0.39, 0.29) is 0 Å². The van der Waals surface area contributed by atoms with Crippen molar-refractivity contribution < 1.29 is 4.42 Å². The number of nitrogens with zero attached hydrogens (tertiary/aromatic N) is 1. The smallest absolute Gasteiger partial charge is 0.117 e. The van der Waals surface area contributed by atoms with Crippen LogP contribution in [0.1, 0.15) is 31.9 Å². The van der Waals surface area contributed by atoms with Gasteiger partial charge in [0.1, 0.15) is 5.76 Å². The lowest BCUT2D eigenvalue weighted by Gasteiger charge is -2.29. The topological polar surface area (TPSA) is 28.4 Å². The Balaban J connectivity index is 1.66. The van der Waals surface area contributed by atoms with Crippen LogP contribution in [-0.2, 0) is 6.54 Å². The second-order valence-electron chi connectivity index (χ2n) is 5.69. The fraction of sp³-hybridized carbons (Fsp3) is 0.733. The van der Waals surface area contributed by atoms with Gasteiger partial charge in [0, 0.05) is 0 Å². The summed E-state index contributed by atoms with van der Waals surface area (Å²) in [6, 6.07) is 4.00. The minimum absolute atomic E-state index is 0.817. The van der Waals surface area contributed by atoms with E-state index in [0.29, 0.717) is 0 Å². The second-order valence-corrected chi connectivity index (χ2v) is 5.69. The van der Waals surface area contributed by atoms with E-state index in [1.807, 2.05) is 12.1 Å². The van der Waals surface area contributed by atoms with Crippen LogP contribution in [0.2, 0.25) is 0 Å². The quantitative estimate of drug-likeness (QED) is 0.841. The van der Waals surface area contributed by atoms with Crippen LogP contribution in [0.5, 0.6) is 0 Å². The summed E-state index contributed by atoms with van der Waals surface area (Å²) >= 11 is 0. The Morgan fingerprint density at radius 1 is 1.56 bits per heavy atom. The summed E-state index contributed by atoms with van der Waals surface area (Å²) in [5, 5.41) is 3.51. The molecule has 2 rings (SSSR count). The molecular weight excluding hydrogens is 224 g/mol. The zero-order chi connectivity index (χ0) is 12.8. The van der Waals surface area contributed by atoms with Gasteiger partial charge in [-0.25, -0.2) is 0 Å². The summed E-state index contributed by atoms with van der Waals surface area (Å²) in [6.07, 6.45) is 5.77. The fourth-order valence-electron chi connectivity index (χ4n) is 2.77. The minimum atomic E-state index is 0.817. The summed E-state index contributed by atoms with van der Waals surface area (Å²) in [4.78, 5) is 2.35. The molecule has 2 atom stereocenters. The van der Waals surface area contributed by atoms with Gasteiger partial charge in [-0.2, -0.15) is 0 Å². The normalized spacial score (nSPS) is 22.3. The monoisotopic (exact) mass is 250 g/mol. The van der Waals surface area contributed by atoms with E-state index >= 15 is 0 Å². The van der Waals surface area contributed by atoms with Gasteiger partial charge in [-0.3, -0.25) is 4.90 Å². The molecule has 2 unspecified atom stereocenters. The molecule has 1 aromatic heterocycles. The average Bonchev–Trinajstić information content (AvgIpc) is 2.90.